The summed E-state index contributed by atoms with van der Waals surface area (Å²) >= 11 is 0. The lowest BCUT2D eigenvalue weighted by molar-refractivity contribution is 0.0932. The van der Waals surface area contributed by atoms with E-state index in [2.05, 4.69) is 67.9 Å². The highest BCUT2D eigenvalue weighted by Gasteiger charge is 2.22. The minimum absolute atomic E-state index is 0.0674. The summed E-state index contributed by atoms with van der Waals surface area (Å²) in [6, 6.07) is 26.3. The van der Waals surface area contributed by atoms with Gasteiger partial charge in [0.15, 0.2) is 0 Å². The Balaban J connectivity index is 1.70. The van der Waals surface area contributed by atoms with E-state index in [0.717, 1.165) is 29.7 Å². The fourth-order valence-corrected chi connectivity index (χ4v) is 4.20. The van der Waals surface area contributed by atoms with Crippen LogP contribution in [0, 0.1) is 0 Å². The molecule has 33 heavy (non-hydrogen) atoms. The fourth-order valence-electron chi connectivity index (χ4n) is 4.20. The Morgan fingerprint density at radius 2 is 1.61 bits per heavy atom. The Morgan fingerprint density at radius 1 is 0.939 bits per heavy atom. The van der Waals surface area contributed by atoms with Crippen LogP contribution in [0.4, 0.5) is 0 Å². The van der Waals surface area contributed by atoms with Crippen molar-refractivity contribution in [2.24, 2.45) is 0 Å². The number of nitrogens with one attached hydrogen (secondary N) is 1. The predicted octanol–water partition coefficient (Wildman–Crippen LogP) is 6.65. The maximum atomic E-state index is 13.0. The molecule has 4 heteroatoms. The molecule has 0 bridgehead atoms. The molecule has 0 aliphatic carbocycles. The second kappa shape index (κ2) is 9.62. The van der Waals surface area contributed by atoms with E-state index in [1.165, 1.54) is 11.1 Å². The summed E-state index contributed by atoms with van der Waals surface area (Å²) in [7, 11) is 0. The van der Waals surface area contributed by atoms with Gasteiger partial charge < -0.3 is 9.88 Å². The third kappa shape index (κ3) is 5.16. The van der Waals surface area contributed by atoms with Crippen molar-refractivity contribution in [1.82, 2.24) is 14.9 Å². The molecule has 1 atom stereocenters. The van der Waals surface area contributed by atoms with Gasteiger partial charge >= 0.3 is 0 Å². The first kappa shape index (κ1) is 22.8. The van der Waals surface area contributed by atoms with E-state index < -0.39 is 0 Å². The molecule has 0 aliphatic heterocycles. The summed E-state index contributed by atoms with van der Waals surface area (Å²) in [4.78, 5) is 18.0. The molecule has 0 radical (unpaired) electrons. The van der Waals surface area contributed by atoms with Crippen LogP contribution in [0.5, 0.6) is 0 Å². The largest absolute Gasteiger partial charge is 0.342 e. The van der Waals surface area contributed by atoms with E-state index in [9.17, 15) is 4.79 Å². The van der Waals surface area contributed by atoms with Gasteiger partial charge in [0.05, 0.1) is 17.1 Å². The molecule has 4 rings (SSSR count). The zero-order valence-electron chi connectivity index (χ0n) is 20.0. The van der Waals surface area contributed by atoms with Crippen LogP contribution in [0.15, 0.2) is 78.9 Å². The normalized spacial score (nSPS) is 12.6. The van der Waals surface area contributed by atoms with Gasteiger partial charge in [-0.3, -0.25) is 4.79 Å². The van der Waals surface area contributed by atoms with Gasteiger partial charge in [-0.1, -0.05) is 88.7 Å². The van der Waals surface area contributed by atoms with Gasteiger partial charge in [0.25, 0.3) is 5.91 Å². The zero-order valence-corrected chi connectivity index (χ0v) is 20.0. The molecular formula is C29H33N3O. The van der Waals surface area contributed by atoms with Gasteiger partial charge in [-0.25, -0.2) is 4.98 Å². The van der Waals surface area contributed by atoms with E-state index in [4.69, 9.17) is 4.98 Å². The van der Waals surface area contributed by atoms with Gasteiger partial charge in [-0.05, 0) is 47.2 Å². The molecule has 1 unspecified atom stereocenters. The molecule has 1 aromatic heterocycles. The monoisotopic (exact) mass is 439 g/mol. The molecule has 3 aromatic carbocycles. The van der Waals surface area contributed by atoms with Crippen molar-refractivity contribution in [2.75, 3.05) is 0 Å². The van der Waals surface area contributed by atoms with Crippen LogP contribution in [-0.4, -0.2) is 15.5 Å². The second-order valence-corrected chi connectivity index (χ2v) is 9.67. The van der Waals surface area contributed by atoms with Crippen LogP contribution in [0.25, 0.3) is 11.0 Å². The highest BCUT2D eigenvalue weighted by atomic mass is 16.1. The SMILES string of the molecule is CCCC(NC(=O)c1ccccc1)c1nc2ccccc2n1Cc1ccc(C(C)(C)C)cc1. The summed E-state index contributed by atoms with van der Waals surface area (Å²) in [5.74, 6) is 0.837. The fraction of sp³-hybridized carbons (Fsp3) is 0.310. The summed E-state index contributed by atoms with van der Waals surface area (Å²) in [5, 5.41) is 3.24. The maximum Gasteiger partial charge on any atom is 0.251 e. The van der Waals surface area contributed by atoms with Crippen LogP contribution in [0.1, 0.15) is 73.9 Å². The highest BCUT2D eigenvalue weighted by molar-refractivity contribution is 5.94. The average Bonchev–Trinajstić information content (AvgIpc) is 3.17. The molecule has 1 heterocycles. The Labute approximate surface area is 196 Å². The third-order valence-corrected chi connectivity index (χ3v) is 6.08. The van der Waals surface area contributed by atoms with E-state index in [1.54, 1.807) is 0 Å². The summed E-state index contributed by atoms with van der Waals surface area (Å²) in [6.45, 7) is 9.54. The van der Waals surface area contributed by atoms with Crippen molar-refractivity contribution in [3.8, 4) is 0 Å². The van der Waals surface area contributed by atoms with Crippen molar-refractivity contribution in [1.29, 1.82) is 0 Å². The number of rotatable bonds is 7. The Kier molecular flexibility index (Phi) is 6.64. The van der Waals surface area contributed by atoms with E-state index in [0.29, 0.717) is 12.1 Å². The Hall–Kier alpha value is -3.40. The molecular weight excluding hydrogens is 406 g/mol. The van der Waals surface area contributed by atoms with Crippen molar-refractivity contribution < 1.29 is 4.79 Å². The van der Waals surface area contributed by atoms with Crippen LogP contribution < -0.4 is 5.32 Å². The zero-order chi connectivity index (χ0) is 23.4. The average molecular weight is 440 g/mol. The van der Waals surface area contributed by atoms with E-state index >= 15 is 0 Å². The van der Waals surface area contributed by atoms with Gasteiger partial charge in [0.2, 0.25) is 0 Å². The number of hydrogen-bond donors (Lipinski definition) is 1. The smallest absolute Gasteiger partial charge is 0.251 e. The second-order valence-electron chi connectivity index (χ2n) is 9.67. The topological polar surface area (TPSA) is 46.9 Å². The molecule has 4 nitrogen and oxygen atoms in total. The van der Waals surface area contributed by atoms with Crippen molar-refractivity contribution in [2.45, 2.75) is 58.5 Å². The van der Waals surface area contributed by atoms with Crippen LogP contribution in [0.3, 0.4) is 0 Å². The number of carbonyl (C=O) groups excluding carboxylic acids is 1. The summed E-state index contributed by atoms with van der Waals surface area (Å²) in [6.07, 6.45) is 1.77. The number of imidazole rings is 1. The minimum Gasteiger partial charge on any atom is -0.342 e. The molecule has 170 valence electrons. The van der Waals surface area contributed by atoms with Gasteiger partial charge in [-0.15, -0.1) is 0 Å². The lowest BCUT2D eigenvalue weighted by Gasteiger charge is -2.21. The lowest BCUT2D eigenvalue weighted by Crippen LogP contribution is -2.30. The first-order chi connectivity index (χ1) is 15.9. The number of amides is 1. The Morgan fingerprint density at radius 3 is 2.27 bits per heavy atom. The van der Waals surface area contributed by atoms with Crippen LogP contribution >= 0.6 is 0 Å². The van der Waals surface area contributed by atoms with Crippen LogP contribution in [0.2, 0.25) is 0 Å². The maximum absolute atomic E-state index is 13.0. The molecule has 1 amide bonds. The molecule has 0 saturated carbocycles. The molecule has 0 aliphatic rings. The number of benzene rings is 3. The third-order valence-electron chi connectivity index (χ3n) is 6.08. The molecule has 0 saturated heterocycles. The van der Waals surface area contributed by atoms with Gasteiger partial charge in [0, 0.05) is 12.1 Å². The number of para-hydroxylation sites is 2. The van der Waals surface area contributed by atoms with Crippen molar-refractivity contribution in [3.63, 3.8) is 0 Å². The molecule has 0 fully saturated rings. The first-order valence-electron chi connectivity index (χ1n) is 11.8. The molecule has 1 N–H and O–H groups in total. The summed E-state index contributed by atoms with van der Waals surface area (Å²) < 4.78 is 2.26. The number of nitrogens with zero attached hydrogens (tertiary/aromatic N) is 2. The standard InChI is InChI=1S/C29H33N3O/c1-5-11-25(31-28(33)22-12-7-6-8-13-22)27-30-24-14-9-10-15-26(24)32(27)20-21-16-18-23(19-17-21)29(2,3)4/h6-10,12-19,25H,5,11,20H2,1-4H3,(H,31,33). The number of fused-ring (bicyclic) bond motifs is 1. The predicted molar refractivity (Wildman–Crippen MR) is 136 cm³/mol. The quantitative estimate of drug-likeness (QED) is 0.350. The van der Waals surface area contributed by atoms with Crippen molar-refractivity contribution >= 4 is 16.9 Å². The number of carbonyl (C=O) groups is 1. The lowest BCUT2D eigenvalue weighted by atomic mass is 9.87. The van der Waals surface area contributed by atoms with E-state index in [-0.39, 0.29) is 17.4 Å². The minimum atomic E-state index is -0.163. The highest BCUT2D eigenvalue weighted by Crippen LogP contribution is 2.27. The number of hydrogen-bond acceptors (Lipinski definition) is 2. The van der Waals surface area contributed by atoms with Gasteiger partial charge in [-0.2, -0.15) is 0 Å². The van der Waals surface area contributed by atoms with E-state index in [1.807, 2.05) is 48.5 Å². The van der Waals surface area contributed by atoms with Crippen molar-refractivity contribution in [3.05, 3.63) is 101 Å². The van der Waals surface area contributed by atoms with Crippen LogP contribution in [-0.2, 0) is 12.0 Å². The summed E-state index contributed by atoms with van der Waals surface area (Å²) in [5.41, 5.74) is 5.37. The Bertz CT molecular complexity index is 1220. The molecule has 0 spiro atoms. The van der Waals surface area contributed by atoms with Gasteiger partial charge in [0.1, 0.15) is 5.82 Å². The number of aromatic nitrogens is 2. The molecule has 4 aromatic rings. The first-order valence-corrected chi connectivity index (χ1v) is 11.8.